The lowest BCUT2D eigenvalue weighted by Gasteiger charge is -2.05. The summed E-state index contributed by atoms with van der Waals surface area (Å²) in [5.74, 6) is -0.142. The third-order valence-electron chi connectivity index (χ3n) is 2.64. The van der Waals surface area contributed by atoms with Gasteiger partial charge >= 0.3 is 0 Å². The Bertz CT molecular complexity index is 577. The molecule has 0 aliphatic rings. The van der Waals surface area contributed by atoms with Crippen molar-refractivity contribution in [3.05, 3.63) is 46.2 Å². The smallest absolute Gasteiger partial charge is 0.258 e. The van der Waals surface area contributed by atoms with E-state index in [2.05, 4.69) is 26.3 Å². The second-order valence-corrected chi connectivity index (χ2v) is 4.86. The molecule has 0 aliphatic heterocycles. The number of amides is 1. The SMILES string of the molecule is CCn1cc(C(=O)Nc2ccc(Br)c(C)c2)cn1. The van der Waals surface area contributed by atoms with E-state index in [1.807, 2.05) is 32.0 Å². The number of aromatic nitrogens is 2. The molecule has 0 atom stereocenters. The molecule has 0 saturated heterocycles. The first-order valence-electron chi connectivity index (χ1n) is 5.70. The zero-order chi connectivity index (χ0) is 13.1. The van der Waals surface area contributed by atoms with Gasteiger partial charge in [-0.1, -0.05) is 15.9 Å². The molecule has 0 bridgehead atoms. The first kappa shape index (κ1) is 12.8. The van der Waals surface area contributed by atoms with Gasteiger partial charge in [0.2, 0.25) is 0 Å². The van der Waals surface area contributed by atoms with E-state index in [1.165, 1.54) is 0 Å². The fraction of sp³-hybridized carbons (Fsp3) is 0.231. The number of aryl methyl sites for hydroxylation is 2. The molecule has 5 heteroatoms. The van der Waals surface area contributed by atoms with Crippen LogP contribution in [0.3, 0.4) is 0 Å². The number of anilines is 1. The summed E-state index contributed by atoms with van der Waals surface area (Å²) in [5, 5.41) is 6.93. The van der Waals surface area contributed by atoms with Crippen molar-refractivity contribution in [2.45, 2.75) is 20.4 Å². The lowest BCUT2D eigenvalue weighted by atomic mass is 10.2. The van der Waals surface area contributed by atoms with Crippen LogP contribution in [-0.2, 0) is 6.54 Å². The van der Waals surface area contributed by atoms with Gasteiger partial charge in [-0.15, -0.1) is 0 Å². The highest BCUT2D eigenvalue weighted by molar-refractivity contribution is 9.10. The average molecular weight is 308 g/mol. The number of hydrogen-bond donors (Lipinski definition) is 1. The van der Waals surface area contributed by atoms with Crippen LogP contribution in [-0.4, -0.2) is 15.7 Å². The van der Waals surface area contributed by atoms with Crippen LogP contribution < -0.4 is 5.32 Å². The van der Waals surface area contributed by atoms with Gasteiger partial charge in [0.25, 0.3) is 5.91 Å². The Balaban J connectivity index is 2.13. The Hall–Kier alpha value is -1.62. The monoisotopic (exact) mass is 307 g/mol. The van der Waals surface area contributed by atoms with E-state index in [0.29, 0.717) is 5.56 Å². The first-order chi connectivity index (χ1) is 8.60. The van der Waals surface area contributed by atoms with Gasteiger partial charge in [0, 0.05) is 22.9 Å². The predicted octanol–water partition coefficient (Wildman–Crippen LogP) is 3.23. The summed E-state index contributed by atoms with van der Waals surface area (Å²) in [6, 6.07) is 5.70. The van der Waals surface area contributed by atoms with Crippen LogP contribution in [0.15, 0.2) is 35.1 Å². The molecule has 0 aliphatic carbocycles. The molecule has 18 heavy (non-hydrogen) atoms. The number of carbonyl (C=O) groups excluding carboxylic acids is 1. The van der Waals surface area contributed by atoms with Gasteiger partial charge in [0.15, 0.2) is 0 Å². The van der Waals surface area contributed by atoms with E-state index in [0.717, 1.165) is 22.3 Å². The Morgan fingerprint density at radius 1 is 1.50 bits per heavy atom. The van der Waals surface area contributed by atoms with Gasteiger partial charge in [-0.3, -0.25) is 9.48 Å². The molecule has 2 aromatic rings. The van der Waals surface area contributed by atoms with Crippen molar-refractivity contribution in [3.63, 3.8) is 0 Å². The molecule has 1 aromatic heterocycles. The molecule has 1 heterocycles. The second kappa shape index (κ2) is 5.35. The van der Waals surface area contributed by atoms with Crippen molar-refractivity contribution in [2.75, 3.05) is 5.32 Å². The largest absolute Gasteiger partial charge is 0.322 e. The highest BCUT2D eigenvalue weighted by atomic mass is 79.9. The molecule has 0 fully saturated rings. The number of carbonyl (C=O) groups is 1. The van der Waals surface area contributed by atoms with Gasteiger partial charge in [0.1, 0.15) is 0 Å². The number of nitrogens with zero attached hydrogens (tertiary/aromatic N) is 2. The van der Waals surface area contributed by atoms with Crippen molar-refractivity contribution in [1.29, 1.82) is 0 Å². The highest BCUT2D eigenvalue weighted by Crippen LogP contribution is 2.20. The summed E-state index contributed by atoms with van der Waals surface area (Å²) >= 11 is 3.43. The Kier molecular flexibility index (Phi) is 3.81. The Morgan fingerprint density at radius 2 is 2.28 bits per heavy atom. The molecule has 0 saturated carbocycles. The summed E-state index contributed by atoms with van der Waals surface area (Å²) in [6.45, 7) is 4.71. The van der Waals surface area contributed by atoms with E-state index >= 15 is 0 Å². The topological polar surface area (TPSA) is 46.9 Å². The molecule has 1 aromatic carbocycles. The minimum atomic E-state index is -0.142. The van der Waals surface area contributed by atoms with E-state index in [4.69, 9.17) is 0 Å². The molecule has 94 valence electrons. The average Bonchev–Trinajstić information content (AvgIpc) is 2.82. The maximum atomic E-state index is 12.0. The second-order valence-electron chi connectivity index (χ2n) is 4.00. The van der Waals surface area contributed by atoms with Crippen molar-refractivity contribution >= 4 is 27.5 Å². The lowest BCUT2D eigenvalue weighted by Crippen LogP contribution is -2.11. The minimum Gasteiger partial charge on any atom is -0.322 e. The molecular formula is C13H14BrN3O. The summed E-state index contributed by atoms with van der Waals surface area (Å²) < 4.78 is 2.75. The number of nitrogens with one attached hydrogen (secondary N) is 1. The van der Waals surface area contributed by atoms with Gasteiger partial charge in [-0.05, 0) is 37.6 Å². The van der Waals surface area contributed by atoms with Crippen LogP contribution in [0.2, 0.25) is 0 Å². The minimum absolute atomic E-state index is 0.142. The summed E-state index contributed by atoms with van der Waals surface area (Å²) in [7, 11) is 0. The molecule has 0 radical (unpaired) electrons. The van der Waals surface area contributed by atoms with Crippen LogP contribution in [0.25, 0.3) is 0 Å². The summed E-state index contributed by atoms with van der Waals surface area (Å²) in [4.78, 5) is 12.0. The Morgan fingerprint density at radius 3 is 2.89 bits per heavy atom. The van der Waals surface area contributed by atoms with Gasteiger partial charge in [-0.25, -0.2) is 0 Å². The molecule has 0 spiro atoms. The lowest BCUT2D eigenvalue weighted by molar-refractivity contribution is 0.102. The van der Waals surface area contributed by atoms with Gasteiger partial charge < -0.3 is 5.32 Å². The number of halogens is 1. The molecule has 4 nitrogen and oxygen atoms in total. The highest BCUT2D eigenvalue weighted by Gasteiger charge is 2.09. The standard InChI is InChI=1S/C13H14BrN3O/c1-3-17-8-10(7-15-17)13(18)16-11-4-5-12(14)9(2)6-11/h4-8H,3H2,1-2H3,(H,16,18). The molecule has 0 unspecified atom stereocenters. The summed E-state index contributed by atoms with van der Waals surface area (Å²) in [6.07, 6.45) is 3.31. The zero-order valence-corrected chi connectivity index (χ0v) is 11.9. The Labute approximate surface area is 114 Å². The van der Waals surface area contributed by atoms with E-state index in [-0.39, 0.29) is 5.91 Å². The van der Waals surface area contributed by atoms with E-state index < -0.39 is 0 Å². The van der Waals surface area contributed by atoms with E-state index in [9.17, 15) is 4.79 Å². The zero-order valence-electron chi connectivity index (χ0n) is 10.3. The molecule has 1 amide bonds. The fourth-order valence-corrected chi connectivity index (χ4v) is 1.83. The third kappa shape index (κ3) is 2.79. The normalized spacial score (nSPS) is 10.4. The number of rotatable bonds is 3. The molecule has 1 N–H and O–H groups in total. The molecule has 2 rings (SSSR count). The number of hydrogen-bond acceptors (Lipinski definition) is 2. The summed E-state index contributed by atoms with van der Waals surface area (Å²) in [5.41, 5.74) is 2.43. The van der Waals surface area contributed by atoms with Crippen LogP contribution in [0.5, 0.6) is 0 Å². The van der Waals surface area contributed by atoms with Crippen molar-refractivity contribution < 1.29 is 4.79 Å². The fourth-order valence-electron chi connectivity index (χ4n) is 1.58. The van der Waals surface area contributed by atoms with Gasteiger partial charge in [-0.2, -0.15) is 5.10 Å². The maximum Gasteiger partial charge on any atom is 0.258 e. The van der Waals surface area contributed by atoms with Crippen LogP contribution in [0, 0.1) is 6.92 Å². The van der Waals surface area contributed by atoms with Crippen molar-refractivity contribution in [3.8, 4) is 0 Å². The third-order valence-corrected chi connectivity index (χ3v) is 3.52. The van der Waals surface area contributed by atoms with Crippen molar-refractivity contribution in [2.24, 2.45) is 0 Å². The van der Waals surface area contributed by atoms with Gasteiger partial charge in [0.05, 0.1) is 11.8 Å². The molecular weight excluding hydrogens is 294 g/mol. The maximum absolute atomic E-state index is 12.0. The van der Waals surface area contributed by atoms with Crippen LogP contribution in [0.4, 0.5) is 5.69 Å². The van der Waals surface area contributed by atoms with Crippen LogP contribution in [0.1, 0.15) is 22.8 Å². The van der Waals surface area contributed by atoms with Crippen molar-refractivity contribution in [1.82, 2.24) is 9.78 Å². The van der Waals surface area contributed by atoms with E-state index in [1.54, 1.807) is 17.1 Å². The first-order valence-corrected chi connectivity index (χ1v) is 6.49. The predicted molar refractivity (Wildman–Crippen MR) is 74.7 cm³/mol. The van der Waals surface area contributed by atoms with Crippen LogP contribution >= 0.6 is 15.9 Å². The quantitative estimate of drug-likeness (QED) is 0.946. The number of benzene rings is 1.